The number of benzene rings is 1. The molecule has 30 heavy (non-hydrogen) atoms. The smallest absolute Gasteiger partial charge is 0.325 e. The Bertz CT molecular complexity index is 988. The van der Waals surface area contributed by atoms with Crippen molar-refractivity contribution in [2.45, 2.75) is 48.8 Å². The molecule has 1 atom stereocenters. The number of carbonyl (C=O) groups is 1. The van der Waals surface area contributed by atoms with Crippen LogP contribution in [0.4, 0.5) is 24.5 Å². The highest BCUT2D eigenvalue weighted by atomic mass is 32.2. The number of allylic oxidation sites excluding steroid dienone is 1. The molecule has 1 aromatic carbocycles. The van der Waals surface area contributed by atoms with E-state index in [9.17, 15) is 28.1 Å². The van der Waals surface area contributed by atoms with Gasteiger partial charge >= 0.3 is 6.18 Å². The molecule has 12 heteroatoms. The first-order chi connectivity index (χ1) is 14.1. The lowest BCUT2D eigenvalue weighted by atomic mass is 10.1. The lowest BCUT2D eigenvalue weighted by Crippen LogP contribution is -2.24. The van der Waals surface area contributed by atoms with Gasteiger partial charge in [-0.2, -0.15) is 13.2 Å². The minimum Gasteiger partial charge on any atom is -0.325 e. The van der Waals surface area contributed by atoms with Crippen molar-refractivity contribution in [2.24, 2.45) is 0 Å². The standard InChI is InChI=1S/C18H18F3N5O3S/c1-3-8-25-15(11-4-5-11)23-24-17(25)30-10(2)16(27)22-14-7-6-12(26(28)29)9-13(14)18(19,20)21/h3,6-7,9-11H,1,4-5,8H2,2H3,(H,22,27). The maximum absolute atomic E-state index is 13.3. The summed E-state index contributed by atoms with van der Waals surface area (Å²) in [7, 11) is 0. The van der Waals surface area contributed by atoms with Crippen molar-refractivity contribution in [3.8, 4) is 0 Å². The van der Waals surface area contributed by atoms with Gasteiger partial charge in [0.2, 0.25) is 5.91 Å². The summed E-state index contributed by atoms with van der Waals surface area (Å²) in [6, 6.07) is 2.18. The molecule has 1 fully saturated rings. The normalized spacial score (nSPS) is 14.9. The van der Waals surface area contributed by atoms with Gasteiger partial charge in [0.15, 0.2) is 5.16 Å². The fourth-order valence-corrected chi connectivity index (χ4v) is 3.63. The topological polar surface area (TPSA) is 103 Å². The van der Waals surface area contributed by atoms with E-state index < -0.39 is 39.2 Å². The molecule has 1 saturated carbocycles. The van der Waals surface area contributed by atoms with Crippen LogP contribution in [0, 0.1) is 10.1 Å². The maximum Gasteiger partial charge on any atom is 0.418 e. The third kappa shape index (κ3) is 4.81. The van der Waals surface area contributed by atoms with Crippen LogP contribution in [0.2, 0.25) is 0 Å². The number of non-ortho nitro benzene ring substituents is 1. The number of nitrogens with zero attached hydrogens (tertiary/aromatic N) is 4. The van der Waals surface area contributed by atoms with Crippen LogP contribution >= 0.6 is 11.8 Å². The number of amides is 1. The third-order valence-corrected chi connectivity index (χ3v) is 5.51. The van der Waals surface area contributed by atoms with Crippen LogP contribution in [-0.2, 0) is 17.5 Å². The molecule has 0 spiro atoms. The highest BCUT2D eigenvalue weighted by molar-refractivity contribution is 8.00. The summed E-state index contributed by atoms with van der Waals surface area (Å²) in [5.41, 5.74) is -2.54. The minimum atomic E-state index is -4.87. The predicted octanol–water partition coefficient (Wildman–Crippen LogP) is 4.39. The molecule has 0 saturated heterocycles. The van der Waals surface area contributed by atoms with E-state index in [1.165, 1.54) is 6.92 Å². The molecular formula is C18H18F3N5O3S. The average molecular weight is 441 g/mol. The molecule has 1 aliphatic carbocycles. The molecule has 3 rings (SSSR count). The van der Waals surface area contributed by atoms with Crippen molar-refractivity contribution in [2.75, 3.05) is 5.32 Å². The van der Waals surface area contributed by atoms with Crippen molar-refractivity contribution in [3.63, 3.8) is 0 Å². The number of hydrogen-bond acceptors (Lipinski definition) is 6. The number of alkyl halides is 3. The Morgan fingerprint density at radius 1 is 1.47 bits per heavy atom. The molecule has 2 aromatic rings. The Balaban J connectivity index is 1.78. The number of thioether (sulfide) groups is 1. The number of nitro groups is 1. The summed E-state index contributed by atoms with van der Waals surface area (Å²) in [6.07, 6.45) is -1.17. The van der Waals surface area contributed by atoms with Gasteiger partial charge in [0.05, 0.1) is 21.4 Å². The molecule has 1 unspecified atom stereocenters. The van der Waals surface area contributed by atoms with E-state index in [2.05, 4.69) is 22.1 Å². The van der Waals surface area contributed by atoms with Crippen LogP contribution in [-0.4, -0.2) is 30.8 Å². The van der Waals surface area contributed by atoms with E-state index in [-0.39, 0.29) is 0 Å². The van der Waals surface area contributed by atoms with Crippen molar-refractivity contribution in [1.29, 1.82) is 0 Å². The number of hydrogen-bond donors (Lipinski definition) is 1. The van der Waals surface area contributed by atoms with Crippen molar-refractivity contribution < 1.29 is 22.9 Å². The third-order valence-electron chi connectivity index (χ3n) is 4.43. The first-order valence-corrected chi connectivity index (χ1v) is 9.87. The van der Waals surface area contributed by atoms with Crippen molar-refractivity contribution >= 4 is 29.0 Å². The summed E-state index contributed by atoms with van der Waals surface area (Å²) in [4.78, 5) is 22.4. The van der Waals surface area contributed by atoms with E-state index in [0.29, 0.717) is 23.7 Å². The van der Waals surface area contributed by atoms with Gasteiger partial charge in [-0.05, 0) is 25.8 Å². The second kappa shape index (κ2) is 8.46. The van der Waals surface area contributed by atoms with E-state index in [4.69, 9.17) is 0 Å². The molecule has 0 aliphatic heterocycles. The van der Waals surface area contributed by atoms with Crippen LogP contribution in [0.5, 0.6) is 0 Å². The Hall–Kier alpha value is -2.89. The van der Waals surface area contributed by atoms with Gasteiger partial charge in [-0.1, -0.05) is 17.8 Å². The first-order valence-electron chi connectivity index (χ1n) is 8.99. The molecule has 160 valence electrons. The number of halogens is 3. The number of nitrogens with one attached hydrogen (secondary N) is 1. The number of rotatable bonds is 8. The van der Waals surface area contributed by atoms with Gasteiger partial charge in [-0.25, -0.2) is 0 Å². The van der Waals surface area contributed by atoms with Crippen LogP contribution in [0.15, 0.2) is 36.0 Å². The lowest BCUT2D eigenvalue weighted by Gasteiger charge is -2.16. The maximum atomic E-state index is 13.3. The van der Waals surface area contributed by atoms with Crippen LogP contribution in [0.25, 0.3) is 0 Å². The van der Waals surface area contributed by atoms with Crippen LogP contribution in [0.3, 0.4) is 0 Å². The molecule has 1 aromatic heterocycles. The van der Waals surface area contributed by atoms with Gasteiger partial charge in [0.1, 0.15) is 5.82 Å². The average Bonchev–Trinajstić information content (AvgIpc) is 3.44. The second-order valence-corrected chi connectivity index (χ2v) is 8.06. The highest BCUT2D eigenvalue weighted by Crippen LogP contribution is 2.41. The summed E-state index contributed by atoms with van der Waals surface area (Å²) < 4.78 is 41.7. The zero-order valence-corrected chi connectivity index (χ0v) is 16.7. The van der Waals surface area contributed by atoms with Gasteiger partial charge in [-0.15, -0.1) is 16.8 Å². The molecule has 8 nitrogen and oxygen atoms in total. The molecular weight excluding hydrogens is 423 g/mol. The fraction of sp³-hybridized carbons (Fsp3) is 0.389. The van der Waals surface area contributed by atoms with E-state index >= 15 is 0 Å². The zero-order chi connectivity index (χ0) is 22.1. The zero-order valence-electron chi connectivity index (χ0n) is 15.8. The monoisotopic (exact) mass is 441 g/mol. The molecule has 0 bridgehead atoms. The van der Waals surface area contributed by atoms with Crippen molar-refractivity contribution in [1.82, 2.24) is 14.8 Å². The first kappa shape index (κ1) is 21.8. The summed E-state index contributed by atoms with van der Waals surface area (Å²) >= 11 is 1.06. The van der Waals surface area contributed by atoms with Crippen LogP contribution < -0.4 is 5.32 Å². The summed E-state index contributed by atoms with van der Waals surface area (Å²) in [6.45, 7) is 5.68. The molecule has 1 amide bonds. The Labute approximate surface area is 173 Å². The van der Waals surface area contributed by atoms with Crippen LogP contribution in [0.1, 0.15) is 37.1 Å². The minimum absolute atomic E-state index is 0.324. The van der Waals surface area contributed by atoms with Gasteiger partial charge in [0, 0.05) is 24.6 Å². The van der Waals surface area contributed by atoms with Gasteiger partial charge in [-0.3, -0.25) is 14.9 Å². The largest absolute Gasteiger partial charge is 0.418 e. The molecule has 1 aliphatic rings. The quantitative estimate of drug-likeness (QED) is 0.282. The Kier molecular flexibility index (Phi) is 6.15. The number of anilines is 1. The van der Waals surface area contributed by atoms with E-state index in [1.807, 2.05) is 4.57 Å². The Morgan fingerprint density at radius 2 is 2.17 bits per heavy atom. The second-order valence-electron chi connectivity index (χ2n) is 6.75. The van der Waals surface area contributed by atoms with Gasteiger partial charge in [0.25, 0.3) is 5.69 Å². The summed E-state index contributed by atoms with van der Waals surface area (Å²) in [5.74, 6) is 0.436. The number of nitro benzene ring substituents is 1. The van der Waals surface area contributed by atoms with Crippen molar-refractivity contribution in [3.05, 3.63) is 52.4 Å². The summed E-state index contributed by atoms with van der Waals surface area (Å²) in [5, 5.41) is 21.0. The number of aromatic nitrogens is 3. The molecule has 1 N–H and O–H groups in total. The predicted molar refractivity (Wildman–Crippen MR) is 104 cm³/mol. The van der Waals surface area contributed by atoms with Gasteiger partial charge < -0.3 is 9.88 Å². The van der Waals surface area contributed by atoms with E-state index in [1.54, 1.807) is 6.08 Å². The lowest BCUT2D eigenvalue weighted by molar-refractivity contribution is -0.385. The SMILES string of the molecule is C=CCn1c(SC(C)C(=O)Nc2ccc([N+](=O)[O-])cc2C(F)(F)F)nnc1C1CC1. The highest BCUT2D eigenvalue weighted by Gasteiger charge is 2.36. The fourth-order valence-electron chi connectivity index (χ4n) is 2.77. The molecule has 1 heterocycles. The Morgan fingerprint density at radius 3 is 2.73 bits per heavy atom. The number of carbonyl (C=O) groups excluding carboxylic acids is 1. The molecule has 0 radical (unpaired) electrons. The van der Waals surface area contributed by atoms with E-state index in [0.717, 1.165) is 42.6 Å².